The second kappa shape index (κ2) is 6.39. The zero-order valence-corrected chi connectivity index (χ0v) is 10.4. The van der Waals surface area contributed by atoms with Gasteiger partial charge in [0.05, 0.1) is 0 Å². The molecule has 5 heteroatoms. The van der Waals surface area contributed by atoms with E-state index >= 15 is 0 Å². The number of aliphatic carboxylic acids is 1. The fraction of sp³-hybridized carbons (Fsp3) is 0.667. The van der Waals surface area contributed by atoms with Crippen LogP contribution in [-0.2, 0) is 9.59 Å². The van der Waals surface area contributed by atoms with Crippen molar-refractivity contribution >= 4 is 11.9 Å². The predicted octanol–water partition coefficient (Wildman–Crippen LogP) is 0.570. The van der Waals surface area contributed by atoms with Gasteiger partial charge in [-0.2, -0.15) is 0 Å². The van der Waals surface area contributed by atoms with E-state index in [0.29, 0.717) is 19.1 Å². The van der Waals surface area contributed by atoms with Gasteiger partial charge in [-0.25, -0.2) is 4.79 Å². The number of hydrogen-bond donors (Lipinski definition) is 1. The normalized spacial score (nSPS) is 19.5. The highest BCUT2D eigenvalue weighted by Gasteiger charge is 2.21. The van der Waals surface area contributed by atoms with Gasteiger partial charge in [0.25, 0.3) is 0 Å². The number of hydrogen-bond acceptors (Lipinski definition) is 3. The molecule has 0 saturated carbocycles. The Kier molecular flexibility index (Phi) is 5.15. The van der Waals surface area contributed by atoms with Crippen LogP contribution in [-0.4, -0.2) is 59.0 Å². The zero-order valence-electron chi connectivity index (χ0n) is 10.4. The first-order chi connectivity index (χ1) is 8.04. The van der Waals surface area contributed by atoms with Crippen molar-refractivity contribution in [3.8, 4) is 0 Å². The van der Waals surface area contributed by atoms with E-state index in [-0.39, 0.29) is 5.91 Å². The molecule has 0 aromatic carbocycles. The molecule has 1 amide bonds. The third-order valence-corrected chi connectivity index (χ3v) is 3.21. The highest BCUT2D eigenvalue weighted by Crippen LogP contribution is 2.08. The number of carbonyl (C=O) groups excluding carboxylic acids is 1. The van der Waals surface area contributed by atoms with Crippen molar-refractivity contribution in [3.05, 3.63) is 12.2 Å². The van der Waals surface area contributed by atoms with Crippen molar-refractivity contribution in [1.29, 1.82) is 0 Å². The van der Waals surface area contributed by atoms with Crippen molar-refractivity contribution in [2.24, 2.45) is 0 Å². The monoisotopic (exact) mass is 240 g/mol. The maximum Gasteiger partial charge on any atom is 0.328 e. The third-order valence-electron chi connectivity index (χ3n) is 3.21. The van der Waals surface area contributed by atoms with Gasteiger partial charge < -0.3 is 10.0 Å². The number of rotatable bonds is 4. The van der Waals surface area contributed by atoms with Crippen LogP contribution in [0.2, 0.25) is 0 Å². The molecular formula is C12H20N2O3. The Hall–Kier alpha value is -1.36. The highest BCUT2D eigenvalue weighted by atomic mass is 16.4. The third kappa shape index (κ3) is 4.19. The second-order valence-electron chi connectivity index (χ2n) is 4.29. The molecule has 0 radical (unpaired) electrons. The molecule has 1 rings (SSSR count). The van der Waals surface area contributed by atoms with Crippen LogP contribution >= 0.6 is 0 Å². The molecule has 0 aromatic heterocycles. The van der Waals surface area contributed by atoms with E-state index in [0.717, 1.165) is 31.7 Å². The van der Waals surface area contributed by atoms with Crippen LogP contribution in [0.25, 0.3) is 0 Å². The van der Waals surface area contributed by atoms with Crippen molar-refractivity contribution in [1.82, 2.24) is 9.80 Å². The molecule has 1 N–H and O–H groups in total. The minimum atomic E-state index is -1.09. The molecular weight excluding hydrogens is 220 g/mol. The van der Waals surface area contributed by atoms with Gasteiger partial charge in [0.2, 0.25) is 5.91 Å². The van der Waals surface area contributed by atoms with E-state index in [4.69, 9.17) is 5.11 Å². The summed E-state index contributed by atoms with van der Waals surface area (Å²) in [6.45, 7) is 7.41. The topological polar surface area (TPSA) is 60.9 Å². The van der Waals surface area contributed by atoms with Gasteiger partial charge in [-0.3, -0.25) is 9.69 Å². The van der Waals surface area contributed by atoms with Gasteiger partial charge in [0, 0.05) is 44.4 Å². The lowest BCUT2D eigenvalue weighted by molar-refractivity contribution is -0.132. The van der Waals surface area contributed by atoms with Crippen molar-refractivity contribution in [2.75, 3.05) is 26.2 Å². The summed E-state index contributed by atoms with van der Waals surface area (Å²) < 4.78 is 0. The van der Waals surface area contributed by atoms with Crippen molar-refractivity contribution in [3.63, 3.8) is 0 Å². The second-order valence-corrected chi connectivity index (χ2v) is 4.29. The molecule has 0 aromatic rings. The lowest BCUT2D eigenvalue weighted by atomic mass is 10.2. The molecule has 0 bridgehead atoms. The summed E-state index contributed by atoms with van der Waals surface area (Å²) in [5.74, 6) is -1.30. The largest absolute Gasteiger partial charge is 0.478 e. The Morgan fingerprint density at radius 3 is 2.29 bits per heavy atom. The summed E-state index contributed by atoms with van der Waals surface area (Å²) in [5.41, 5.74) is 0. The lowest BCUT2D eigenvalue weighted by Gasteiger charge is -2.37. The summed E-state index contributed by atoms with van der Waals surface area (Å²) in [4.78, 5) is 26.0. The Morgan fingerprint density at radius 1 is 1.24 bits per heavy atom. The number of amides is 1. The first kappa shape index (κ1) is 13.7. The lowest BCUT2D eigenvalue weighted by Crippen LogP contribution is -2.50. The minimum Gasteiger partial charge on any atom is -0.478 e. The van der Waals surface area contributed by atoms with Gasteiger partial charge >= 0.3 is 5.97 Å². The van der Waals surface area contributed by atoms with Crippen molar-refractivity contribution in [2.45, 2.75) is 26.3 Å². The van der Waals surface area contributed by atoms with Crippen LogP contribution in [0.5, 0.6) is 0 Å². The standard InChI is InChI=1S/C12H20N2O3/c1-3-10(2)13-6-8-14(9-7-13)11(15)4-5-12(16)17/h4-5,10H,3,6-9H2,1-2H3,(H,16,17)/b5-4+. The summed E-state index contributed by atoms with van der Waals surface area (Å²) in [6, 6.07) is 0.543. The number of carbonyl (C=O) groups is 2. The van der Waals surface area contributed by atoms with Gasteiger partial charge in [-0.15, -0.1) is 0 Å². The molecule has 1 atom stereocenters. The first-order valence-corrected chi connectivity index (χ1v) is 5.98. The average molecular weight is 240 g/mol. The smallest absolute Gasteiger partial charge is 0.328 e. The Bertz CT molecular complexity index is 307. The fourth-order valence-electron chi connectivity index (χ4n) is 1.89. The first-order valence-electron chi connectivity index (χ1n) is 5.98. The van der Waals surface area contributed by atoms with Crippen LogP contribution < -0.4 is 0 Å². The van der Waals surface area contributed by atoms with Crippen LogP contribution in [0.1, 0.15) is 20.3 Å². The molecule has 1 heterocycles. The van der Waals surface area contributed by atoms with E-state index in [2.05, 4.69) is 18.7 Å². The van der Waals surface area contributed by atoms with E-state index in [9.17, 15) is 9.59 Å². The molecule has 1 aliphatic rings. The van der Waals surface area contributed by atoms with Gasteiger partial charge in [-0.05, 0) is 13.3 Å². The Balaban J connectivity index is 2.41. The van der Waals surface area contributed by atoms with Gasteiger partial charge in [0.15, 0.2) is 0 Å². The van der Waals surface area contributed by atoms with Crippen LogP contribution in [0.4, 0.5) is 0 Å². The average Bonchev–Trinajstić information content (AvgIpc) is 2.35. The van der Waals surface area contributed by atoms with Crippen LogP contribution in [0, 0.1) is 0 Å². The molecule has 1 unspecified atom stereocenters. The maximum absolute atomic E-state index is 11.6. The zero-order chi connectivity index (χ0) is 12.8. The van der Waals surface area contributed by atoms with Gasteiger partial charge in [0.1, 0.15) is 0 Å². The number of carboxylic acid groups (broad SMARTS) is 1. The van der Waals surface area contributed by atoms with Crippen LogP contribution in [0.15, 0.2) is 12.2 Å². The molecule has 5 nitrogen and oxygen atoms in total. The quantitative estimate of drug-likeness (QED) is 0.730. The molecule has 96 valence electrons. The van der Waals surface area contributed by atoms with E-state index in [1.54, 1.807) is 4.90 Å². The Morgan fingerprint density at radius 2 is 1.82 bits per heavy atom. The number of carboxylic acids is 1. The molecule has 17 heavy (non-hydrogen) atoms. The van der Waals surface area contributed by atoms with E-state index in [1.165, 1.54) is 0 Å². The molecule has 0 spiro atoms. The SMILES string of the molecule is CCC(C)N1CCN(C(=O)/C=C/C(=O)O)CC1. The molecule has 1 aliphatic heterocycles. The fourth-order valence-corrected chi connectivity index (χ4v) is 1.89. The highest BCUT2D eigenvalue weighted by molar-refractivity contribution is 5.93. The van der Waals surface area contributed by atoms with Gasteiger partial charge in [-0.1, -0.05) is 6.92 Å². The number of piperazine rings is 1. The Labute approximate surface area is 102 Å². The summed E-state index contributed by atoms with van der Waals surface area (Å²) >= 11 is 0. The maximum atomic E-state index is 11.6. The van der Waals surface area contributed by atoms with E-state index in [1.807, 2.05) is 0 Å². The summed E-state index contributed by atoms with van der Waals surface area (Å²) in [6.07, 6.45) is 3.12. The molecule has 0 aliphatic carbocycles. The van der Waals surface area contributed by atoms with Crippen molar-refractivity contribution < 1.29 is 14.7 Å². The predicted molar refractivity (Wildman–Crippen MR) is 64.7 cm³/mol. The molecule has 1 fully saturated rings. The summed E-state index contributed by atoms with van der Waals surface area (Å²) in [5, 5.41) is 8.44. The number of nitrogens with zero attached hydrogens (tertiary/aromatic N) is 2. The van der Waals surface area contributed by atoms with E-state index < -0.39 is 5.97 Å². The molecule has 1 saturated heterocycles. The minimum absolute atomic E-state index is 0.212. The van der Waals surface area contributed by atoms with Crippen LogP contribution in [0.3, 0.4) is 0 Å². The summed E-state index contributed by atoms with van der Waals surface area (Å²) in [7, 11) is 0.